The first kappa shape index (κ1) is 16.8. The summed E-state index contributed by atoms with van der Waals surface area (Å²) in [7, 11) is 1.58. The Hall–Kier alpha value is -3.07. The summed E-state index contributed by atoms with van der Waals surface area (Å²) in [5.74, 6) is -0.488. The number of anilines is 1. The molecule has 0 saturated carbocycles. The Morgan fingerprint density at radius 3 is 2.80 bits per heavy atom. The molecule has 128 valence electrons. The molecule has 8 nitrogen and oxygen atoms in total. The molecule has 2 aromatic heterocycles. The van der Waals surface area contributed by atoms with Crippen molar-refractivity contribution in [2.75, 3.05) is 19.0 Å². The number of carbonyl (C=O) groups excluding carboxylic acids is 2. The van der Waals surface area contributed by atoms with Gasteiger partial charge in [-0.1, -0.05) is 11.3 Å². The number of fused-ring (bicyclic) bond motifs is 1. The van der Waals surface area contributed by atoms with Gasteiger partial charge in [-0.25, -0.2) is 14.8 Å². The molecule has 0 fully saturated rings. The van der Waals surface area contributed by atoms with Crippen LogP contribution < -0.4 is 10.1 Å². The lowest BCUT2D eigenvalue weighted by Gasteiger charge is -2.04. The molecule has 0 saturated heterocycles. The van der Waals surface area contributed by atoms with Crippen LogP contribution in [0.1, 0.15) is 16.2 Å². The fraction of sp³-hybridized carbons (Fsp3) is 0.188. The molecule has 0 atom stereocenters. The largest absolute Gasteiger partial charge is 0.497 e. The number of aryl methyl sites for hydroxylation is 1. The number of amides is 1. The van der Waals surface area contributed by atoms with Crippen LogP contribution in [0.2, 0.25) is 0 Å². The van der Waals surface area contributed by atoms with E-state index in [4.69, 9.17) is 9.47 Å². The van der Waals surface area contributed by atoms with Gasteiger partial charge in [0.05, 0.1) is 29.2 Å². The third-order valence-corrected chi connectivity index (χ3v) is 4.10. The van der Waals surface area contributed by atoms with Gasteiger partial charge in [-0.3, -0.25) is 15.1 Å². The van der Waals surface area contributed by atoms with Gasteiger partial charge >= 0.3 is 5.97 Å². The van der Waals surface area contributed by atoms with E-state index >= 15 is 0 Å². The molecule has 2 heterocycles. The number of carbonyl (C=O) groups is 2. The maximum absolute atomic E-state index is 11.9. The minimum Gasteiger partial charge on any atom is -0.497 e. The summed E-state index contributed by atoms with van der Waals surface area (Å²) in [5, 5.41) is 3.02. The molecule has 0 aliphatic heterocycles. The zero-order chi connectivity index (χ0) is 17.8. The van der Waals surface area contributed by atoms with Gasteiger partial charge < -0.3 is 9.47 Å². The van der Waals surface area contributed by atoms with Crippen LogP contribution in [0.25, 0.3) is 10.2 Å². The quantitative estimate of drug-likeness (QED) is 0.697. The Morgan fingerprint density at radius 1 is 1.24 bits per heavy atom. The number of rotatable bonds is 5. The summed E-state index contributed by atoms with van der Waals surface area (Å²) in [6.45, 7) is 1.32. The number of thiazole rings is 1. The molecule has 0 bridgehead atoms. The highest BCUT2D eigenvalue weighted by atomic mass is 32.1. The van der Waals surface area contributed by atoms with E-state index in [1.54, 1.807) is 26.2 Å². The van der Waals surface area contributed by atoms with E-state index in [1.165, 1.54) is 23.7 Å². The van der Waals surface area contributed by atoms with Crippen molar-refractivity contribution in [3.05, 3.63) is 42.0 Å². The third-order valence-electron chi connectivity index (χ3n) is 3.17. The van der Waals surface area contributed by atoms with Gasteiger partial charge in [0.2, 0.25) is 0 Å². The summed E-state index contributed by atoms with van der Waals surface area (Å²) in [5.41, 5.74) is 1.47. The minimum absolute atomic E-state index is 0.0467. The van der Waals surface area contributed by atoms with Gasteiger partial charge in [0.15, 0.2) is 17.4 Å². The van der Waals surface area contributed by atoms with Crippen molar-refractivity contribution in [1.82, 2.24) is 15.0 Å². The fourth-order valence-corrected chi connectivity index (χ4v) is 2.85. The number of hydrogen-bond acceptors (Lipinski definition) is 8. The minimum atomic E-state index is -0.711. The monoisotopic (exact) mass is 358 g/mol. The Labute approximate surface area is 146 Å². The van der Waals surface area contributed by atoms with Crippen molar-refractivity contribution >= 4 is 38.6 Å². The predicted octanol–water partition coefficient (Wildman–Crippen LogP) is 2.20. The van der Waals surface area contributed by atoms with Gasteiger partial charge in [0, 0.05) is 6.20 Å². The number of nitrogens with zero attached hydrogens (tertiary/aromatic N) is 3. The van der Waals surface area contributed by atoms with Crippen LogP contribution in [0.3, 0.4) is 0 Å². The number of aromatic nitrogens is 3. The van der Waals surface area contributed by atoms with Gasteiger partial charge in [0.25, 0.3) is 5.91 Å². The smallest absolute Gasteiger partial charge is 0.359 e. The number of hydrogen-bond donors (Lipinski definition) is 1. The highest BCUT2D eigenvalue weighted by molar-refractivity contribution is 7.22. The zero-order valence-corrected chi connectivity index (χ0v) is 14.3. The third kappa shape index (κ3) is 4.07. The molecule has 0 radical (unpaired) electrons. The molecule has 0 aliphatic carbocycles. The van der Waals surface area contributed by atoms with Crippen molar-refractivity contribution in [1.29, 1.82) is 0 Å². The first-order valence-corrected chi connectivity index (χ1v) is 8.07. The summed E-state index contributed by atoms with van der Waals surface area (Å²) in [6, 6.07) is 5.42. The van der Waals surface area contributed by atoms with Crippen LogP contribution in [0.4, 0.5) is 5.13 Å². The van der Waals surface area contributed by atoms with E-state index in [1.807, 2.05) is 6.07 Å². The van der Waals surface area contributed by atoms with Crippen LogP contribution in [0.15, 0.2) is 30.6 Å². The molecule has 1 N–H and O–H groups in total. The fourth-order valence-electron chi connectivity index (χ4n) is 1.94. The lowest BCUT2D eigenvalue weighted by molar-refractivity contribution is -0.119. The highest BCUT2D eigenvalue weighted by Crippen LogP contribution is 2.29. The SMILES string of the molecule is COc1ccc2nc(NC(=O)COC(=O)c3cnc(C)cn3)sc2c1. The summed E-state index contributed by atoms with van der Waals surface area (Å²) in [6.07, 6.45) is 2.75. The predicted molar refractivity (Wildman–Crippen MR) is 91.9 cm³/mol. The maximum atomic E-state index is 11.9. The Balaban J connectivity index is 1.58. The number of ether oxygens (including phenoxy) is 2. The van der Waals surface area contributed by atoms with Crippen molar-refractivity contribution in [3.8, 4) is 5.75 Å². The van der Waals surface area contributed by atoms with E-state index in [0.29, 0.717) is 16.6 Å². The molecule has 0 spiro atoms. The first-order chi connectivity index (χ1) is 12.0. The maximum Gasteiger partial charge on any atom is 0.359 e. The second kappa shape index (κ2) is 7.22. The summed E-state index contributed by atoms with van der Waals surface area (Å²) < 4.78 is 10.9. The van der Waals surface area contributed by atoms with E-state index in [2.05, 4.69) is 20.3 Å². The number of esters is 1. The van der Waals surface area contributed by atoms with Crippen molar-refractivity contribution < 1.29 is 19.1 Å². The Morgan fingerprint density at radius 2 is 2.08 bits per heavy atom. The number of benzene rings is 1. The zero-order valence-electron chi connectivity index (χ0n) is 13.5. The molecule has 0 unspecified atom stereocenters. The Kier molecular flexibility index (Phi) is 4.85. The molecule has 1 amide bonds. The second-order valence-corrected chi connectivity index (χ2v) is 6.05. The van der Waals surface area contributed by atoms with Crippen molar-refractivity contribution in [2.45, 2.75) is 6.92 Å². The van der Waals surface area contributed by atoms with Crippen LogP contribution >= 0.6 is 11.3 Å². The van der Waals surface area contributed by atoms with E-state index in [-0.39, 0.29) is 5.69 Å². The molecule has 3 rings (SSSR count). The van der Waals surface area contributed by atoms with Crippen molar-refractivity contribution in [2.24, 2.45) is 0 Å². The number of methoxy groups -OCH3 is 1. The topological polar surface area (TPSA) is 103 Å². The summed E-state index contributed by atoms with van der Waals surface area (Å²) >= 11 is 1.30. The molecular weight excluding hydrogens is 344 g/mol. The van der Waals surface area contributed by atoms with Gasteiger partial charge in [-0.05, 0) is 25.1 Å². The lowest BCUT2D eigenvalue weighted by Crippen LogP contribution is -2.21. The number of nitrogens with one attached hydrogen (secondary N) is 1. The van der Waals surface area contributed by atoms with Gasteiger partial charge in [-0.15, -0.1) is 0 Å². The van der Waals surface area contributed by atoms with Gasteiger partial charge in [0.1, 0.15) is 5.75 Å². The first-order valence-electron chi connectivity index (χ1n) is 7.25. The van der Waals surface area contributed by atoms with Crippen molar-refractivity contribution in [3.63, 3.8) is 0 Å². The second-order valence-electron chi connectivity index (χ2n) is 5.02. The molecule has 1 aromatic carbocycles. The highest BCUT2D eigenvalue weighted by Gasteiger charge is 2.13. The van der Waals surface area contributed by atoms with Gasteiger partial charge in [-0.2, -0.15) is 0 Å². The van der Waals surface area contributed by atoms with Crippen LogP contribution in [0, 0.1) is 6.92 Å². The van der Waals surface area contributed by atoms with Crippen LogP contribution in [0.5, 0.6) is 5.75 Å². The average molecular weight is 358 g/mol. The molecule has 3 aromatic rings. The lowest BCUT2D eigenvalue weighted by atomic mass is 10.3. The van der Waals surface area contributed by atoms with E-state index in [0.717, 1.165) is 10.2 Å². The molecule has 9 heteroatoms. The molecule has 25 heavy (non-hydrogen) atoms. The van der Waals surface area contributed by atoms with E-state index in [9.17, 15) is 9.59 Å². The van der Waals surface area contributed by atoms with Crippen LogP contribution in [-0.2, 0) is 9.53 Å². The molecule has 0 aliphatic rings. The average Bonchev–Trinajstić information content (AvgIpc) is 3.01. The van der Waals surface area contributed by atoms with Crippen LogP contribution in [-0.4, -0.2) is 40.5 Å². The molecular formula is C16H14N4O4S. The standard InChI is InChI=1S/C16H14N4O4S/c1-9-6-18-12(7-17-9)15(22)24-8-14(21)20-16-19-11-4-3-10(23-2)5-13(11)25-16/h3-7H,8H2,1-2H3,(H,19,20,21). The summed E-state index contributed by atoms with van der Waals surface area (Å²) in [4.78, 5) is 35.8. The Bertz CT molecular complexity index is 924. The van der Waals surface area contributed by atoms with E-state index < -0.39 is 18.5 Å². The normalized spacial score (nSPS) is 10.5.